The first-order valence-corrected chi connectivity index (χ1v) is 6.71. The van der Waals surface area contributed by atoms with E-state index in [1.165, 1.54) is 13.2 Å². The molecule has 1 rings (SSSR count). The van der Waals surface area contributed by atoms with Gasteiger partial charge in [-0.1, -0.05) is 28.1 Å². The Labute approximate surface area is 121 Å². The molecule has 0 aliphatic carbocycles. The first-order valence-electron chi connectivity index (χ1n) is 5.92. The van der Waals surface area contributed by atoms with Crippen molar-refractivity contribution in [3.05, 3.63) is 39.9 Å². The molecule has 19 heavy (non-hydrogen) atoms. The maximum absolute atomic E-state index is 11.5. The van der Waals surface area contributed by atoms with Gasteiger partial charge in [0.15, 0.2) is 0 Å². The first kappa shape index (κ1) is 15.9. The topological polar surface area (TPSA) is 58.6 Å². The summed E-state index contributed by atoms with van der Waals surface area (Å²) in [5, 5.41) is 12.0. The lowest BCUT2D eigenvalue weighted by atomic mass is 10.1. The Morgan fingerprint density at radius 2 is 2.32 bits per heavy atom. The Hall–Kier alpha value is -1.17. The fourth-order valence-electron chi connectivity index (χ4n) is 1.46. The van der Waals surface area contributed by atoms with Crippen molar-refractivity contribution >= 4 is 27.9 Å². The molecule has 0 aliphatic heterocycles. The lowest BCUT2D eigenvalue weighted by Gasteiger charge is -2.09. The van der Waals surface area contributed by atoms with Crippen LogP contribution in [0, 0.1) is 6.92 Å². The van der Waals surface area contributed by atoms with E-state index < -0.39 is 6.10 Å². The van der Waals surface area contributed by atoms with Gasteiger partial charge in [-0.25, -0.2) is 0 Å². The van der Waals surface area contributed by atoms with Crippen molar-refractivity contribution in [1.29, 1.82) is 0 Å². The third-order valence-corrected chi connectivity index (χ3v) is 3.13. The highest BCUT2D eigenvalue weighted by Gasteiger charge is 2.04. The summed E-state index contributed by atoms with van der Waals surface area (Å²) in [6.07, 6.45) is 2.48. The number of methoxy groups -OCH3 is 1. The van der Waals surface area contributed by atoms with Crippen molar-refractivity contribution in [1.82, 2.24) is 5.32 Å². The smallest absolute Gasteiger partial charge is 0.244 e. The van der Waals surface area contributed by atoms with Crippen LogP contribution in [0.3, 0.4) is 0 Å². The van der Waals surface area contributed by atoms with Crippen molar-refractivity contribution < 1.29 is 14.6 Å². The monoisotopic (exact) mass is 327 g/mol. The molecule has 0 saturated carbocycles. The van der Waals surface area contributed by atoms with Crippen LogP contribution < -0.4 is 5.32 Å². The van der Waals surface area contributed by atoms with Gasteiger partial charge in [0.25, 0.3) is 0 Å². The molecule has 0 fully saturated rings. The second-order valence-corrected chi connectivity index (χ2v) is 5.07. The zero-order valence-corrected chi connectivity index (χ0v) is 12.6. The van der Waals surface area contributed by atoms with E-state index in [-0.39, 0.29) is 19.1 Å². The van der Waals surface area contributed by atoms with Crippen molar-refractivity contribution in [3.63, 3.8) is 0 Å². The number of aliphatic hydroxyl groups excluding tert-OH is 1. The van der Waals surface area contributed by atoms with E-state index in [1.54, 1.807) is 6.08 Å². The van der Waals surface area contributed by atoms with E-state index in [1.807, 2.05) is 25.1 Å². The van der Waals surface area contributed by atoms with Crippen molar-refractivity contribution in [3.8, 4) is 0 Å². The molecule has 1 aromatic carbocycles. The zero-order valence-electron chi connectivity index (χ0n) is 11.0. The molecule has 104 valence electrons. The average Bonchev–Trinajstić information content (AvgIpc) is 2.35. The van der Waals surface area contributed by atoms with E-state index in [0.29, 0.717) is 0 Å². The van der Waals surface area contributed by atoms with Crippen LogP contribution in [-0.4, -0.2) is 37.4 Å². The Balaban J connectivity index is 2.49. The zero-order chi connectivity index (χ0) is 14.3. The lowest BCUT2D eigenvalue weighted by molar-refractivity contribution is -0.117. The number of hydrogen-bond acceptors (Lipinski definition) is 3. The fraction of sp³-hybridized carbons (Fsp3) is 0.357. The summed E-state index contributed by atoms with van der Waals surface area (Å²) < 4.78 is 5.71. The molecule has 0 spiro atoms. The van der Waals surface area contributed by atoms with Crippen LogP contribution in [0.1, 0.15) is 11.1 Å². The molecule has 1 unspecified atom stereocenters. The summed E-state index contributed by atoms with van der Waals surface area (Å²) in [5.41, 5.74) is 2.08. The lowest BCUT2D eigenvalue weighted by Crippen LogP contribution is -2.33. The third-order valence-electron chi connectivity index (χ3n) is 2.44. The molecule has 1 aromatic rings. The second kappa shape index (κ2) is 8.09. The van der Waals surface area contributed by atoms with Crippen LogP contribution in [0.5, 0.6) is 0 Å². The quantitative estimate of drug-likeness (QED) is 0.784. The van der Waals surface area contributed by atoms with Crippen LogP contribution in [0.15, 0.2) is 28.7 Å². The van der Waals surface area contributed by atoms with Gasteiger partial charge >= 0.3 is 0 Å². The van der Waals surface area contributed by atoms with E-state index >= 15 is 0 Å². The van der Waals surface area contributed by atoms with Gasteiger partial charge in [-0.05, 0) is 30.2 Å². The second-order valence-electron chi connectivity index (χ2n) is 4.21. The van der Waals surface area contributed by atoms with Gasteiger partial charge in [-0.2, -0.15) is 0 Å². The average molecular weight is 328 g/mol. The SMILES string of the molecule is COCC(O)CNC(=O)C=Cc1ccc(C)cc1Br. The molecule has 0 aliphatic rings. The van der Waals surface area contributed by atoms with Gasteiger partial charge in [0.1, 0.15) is 0 Å². The highest BCUT2D eigenvalue weighted by atomic mass is 79.9. The Morgan fingerprint density at radius 1 is 1.58 bits per heavy atom. The molecule has 0 aromatic heterocycles. The number of aliphatic hydroxyl groups is 1. The summed E-state index contributed by atoms with van der Waals surface area (Å²) in [5.74, 6) is -0.248. The van der Waals surface area contributed by atoms with Gasteiger partial charge in [0.2, 0.25) is 5.91 Å². The number of benzene rings is 1. The van der Waals surface area contributed by atoms with Crippen molar-refractivity contribution in [2.75, 3.05) is 20.3 Å². The summed E-state index contributed by atoms with van der Waals surface area (Å²) in [4.78, 5) is 11.5. The molecular weight excluding hydrogens is 310 g/mol. The minimum absolute atomic E-state index is 0.173. The van der Waals surface area contributed by atoms with Gasteiger partial charge in [-0.3, -0.25) is 4.79 Å². The molecule has 2 N–H and O–H groups in total. The summed E-state index contributed by atoms with van der Waals surface area (Å²) in [7, 11) is 1.50. The molecule has 4 nitrogen and oxygen atoms in total. The molecule has 0 heterocycles. The van der Waals surface area contributed by atoms with Crippen LogP contribution in [0.25, 0.3) is 6.08 Å². The fourth-order valence-corrected chi connectivity index (χ4v) is 2.09. The molecule has 1 atom stereocenters. The molecule has 5 heteroatoms. The Morgan fingerprint density at radius 3 is 2.95 bits per heavy atom. The molecule has 1 amide bonds. The largest absolute Gasteiger partial charge is 0.389 e. The number of halogens is 1. The predicted molar refractivity (Wildman–Crippen MR) is 78.8 cm³/mol. The predicted octanol–water partition coefficient (Wildman–Crippen LogP) is 1.89. The summed E-state index contributed by atoms with van der Waals surface area (Å²) in [6.45, 7) is 2.38. The van der Waals surface area contributed by atoms with Crippen molar-refractivity contribution in [2.45, 2.75) is 13.0 Å². The van der Waals surface area contributed by atoms with Gasteiger partial charge in [0.05, 0.1) is 12.7 Å². The molecule has 0 bridgehead atoms. The Bertz CT molecular complexity index is 460. The third kappa shape index (κ3) is 6.00. The minimum atomic E-state index is -0.687. The van der Waals surface area contributed by atoms with Crippen LogP contribution in [-0.2, 0) is 9.53 Å². The Kier molecular flexibility index (Phi) is 6.77. The normalized spacial score (nSPS) is 12.6. The maximum Gasteiger partial charge on any atom is 0.244 e. The van der Waals surface area contributed by atoms with Gasteiger partial charge in [0, 0.05) is 24.2 Å². The summed E-state index contributed by atoms with van der Waals surface area (Å²) in [6, 6.07) is 5.90. The van der Waals surface area contributed by atoms with Crippen LogP contribution in [0.4, 0.5) is 0 Å². The highest BCUT2D eigenvalue weighted by molar-refractivity contribution is 9.10. The molecule has 0 radical (unpaired) electrons. The molecular formula is C14H18BrNO3. The number of rotatable bonds is 6. The number of nitrogens with one attached hydrogen (secondary N) is 1. The van der Waals surface area contributed by atoms with Crippen LogP contribution in [0.2, 0.25) is 0 Å². The number of ether oxygens (including phenoxy) is 1. The number of hydrogen-bond donors (Lipinski definition) is 2. The minimum Gasteiger partial charge on any atom is -0.389 e. The number of amides is 1. The van der Waals surface area contributed by atoms with E-state index in [2.05, 4.69) is 21.2 Å². The van der Waals surface area contributed by atoms with Crippen molar-refractivity contribution in [2.24, 2.45) is 0 Å². The standard InChI is InChI=1S/C14H18BrNO3/c1-10-3-4-11(13(15)7-10)5-6-14(18)16-8-12(17)9-19-2/h3-7,12,17H,8-9H2,1-2H3,(H,16,18). The summed E-state index contributed by atoms with van der Waals surface area (Å²) >= 11 is 3.44. The number of aryl methyl sites for hydroxylation is 1. The maximum atomic E-state index is 11.5. The molecule has 0 saturated heterocycles. The van der Waals surface area contributed by atoms with E-state index in [4.69, 9.17) is 4.74 Å². The van der Waals surface area contributed by atoms with Gasteiger partial charge < -0.3 is 15.2 Å². The number of carbonyl (C=O) groups excluding carboxylic acids is 1. The van der Waals surface area contributed by atoms with Gasteiger partial charge in [-0.15, -0.1) is 0 Å². The first-order chi connectivity index (χ1) is 9.02. The van der Waals surface area contributed by atoms with E-state index in [9.17, 15) is 9.90 Å². The highest BCUT2D eigenvalue weighted by Crippen LogP contribution is 2.19. The van der Waals surface area contributed by atoms with Crippen LogP contribution >= 0.6 is 15.9 Å². The van der Waals surface area contributed by atoms with E-state index in [0.717, 1.165) is 15.6 Å². The number of carbonyl (C=O) groups is 1.